The standard InChI is InChI=1S/C10H13BrN4O5S/c1-15-4-7(14-21(15,18)19)5-20-9-8(11)2-6(3-12-9)13-10(16)17/h2-3,7,13-14H,4-5H2,1H3,(H,16,17)/t7-/m0/s1. The molecule has 9 nitrogen and oxygen atoms in total. The highest BCUT2D eigenvalue weighted by atomic mass is 79.9. The smallest absolute Gasteiger partial charge is 0.409 e. The van der Waals surface area contributed by atoms with E-state index >= 15 is 0 Å². The summed E-state index contributed by atoms with van der Waals surface area (Å²) in [5.41, 5.74) is 0.294. The first kappa shape index (κ1) is 15.9. The lowest BCUT2D eigenvalue weighted by molar-refractivity contribution is 0.209. The summed E-state index contributed by atoms with van der Waals surface area (Å²) in [5.74, 6) is 0.250. The average Bonchev–Trinajstić information content (AvgIpc) is 2.61. The molecule has 1 aliphatic heterocycles. The van der Waals surface area contributed by atoms with Crippen LogP contribution in [-0.2, 0) is 10.2 Å². The zero-order chi connectivity index (χ0) is 15.6. The molecule has 0 spiro atoms. The lowest BCUT2D eigenvalue weighted by atomic mass is 10.3. The first-order valence-corrected chi connectivity index (χ1v) is 8.03. The SMILES string of the molecule is CN1C[C@@H](COc2ncc(NC(=O)O)cc2Br)NS1(=O)=O. The number of amides is 1. The number of rotatable bonds is 4. The van der Waals surface area contributed by atoms with E-state index in [1.807, 2.05) is 0 Å². The first-order valence-electron chi connectivity index (χ1n) is 5.80. The van der Waals surface area contributed by atoms with Crippen molar-refractivity contribution in [3.63, 3.8) is 0 Å². The van der Waals surface area contributed by atoms with Gasteiger partial charge in [0.2, 0.25) is 5.88 Å². The number of carboxylic acid groups (broad SMARTS) is 1. The zero-order valence-electron chi connectivity index (χ0n) is 10.9. The minimum Gasteiger partial charge on any atom is -0.475 e. The number of carbonyl (C=O) groups is 1. The van der Waals surface area contributed by atoms with Crippen LogP contribution >= 0.6 is 15.9 Å². The van der Waals surface area contributed by atoms with Gasteiger partial charge in [-0.3, -0.25) is 5.32 Å². The molecule has 0 aromatic carbocycles. The van der Waals surface area contributed by atoms with E-state index in [9.17, 15) is 13.2 Å². The fraction of sp³-hybridized carbons (Fsp3) is 0.400. The number of ether oxygens (including phenoxy) is 1. The van der Waals surface area contributed by atoms with Crippen molar-refractivity contribution in [2.24, 2.45) is 0 Å². The molecule has 1 amide bonds. The number of aromatic nitrogens is 1. The summed E-state index contributed by atoms with van der Waals surface area (Å²) in [6, 6.07) is 1.13. The van der Waals surface area contributed by atoms with Gasteiger partial charge in [0, 0.05) is 13.6 Å². The van der Waals surface area contributed by atoms with E-state index in [0.29, 0.717) is 16.7 Å². The van der Waals surface area contributed by atoms with E-state index in [-0.39, 0.29) is 18.5 Å². The van der Waals surface area contributed by atoms with Crippen molar-refractivity contribution in [2.45, 2.75) is 6.04 Å². The van der Waals surface area contributed by atoms with Crippen LogP contribution in [0.3, 0.4) is 0 Å². The second-order valence-electron chi connectivity index (χ2n) is 4.35. The third-order valence-electron chi connectivity index (χ3n) is 2.68. The summed E-state index contributed by atoms with van der Waals surface area (Å²) in [6.45, 7) is 0.416. The van der Waals surface area contributed by atoms with Crippen LogP contribution in [0, 0.1) is 0 Å². The average molecular weight is 381 g/mol. The molecular formula is C10H13BrN4O5S. The lowest BCUT2D eigenvalue weighted by Crippen LogP contribution is -2.32. The topological polar surface area (TPSA) is 121 Å². The van der Waals surface area contributed by atoms with Crippen molar-refractivity contribution in [3.05, 3.63) is 16.7 Å². The number of nitrogens with zero attached hydrogens (tertiary/aromatic N) is 2. The minimum atomic E-state index is -3.41. The van der Waals surface area contributed by atoms with E-state index in [1.165, 1.54) is 23.6 Å². The molecule has 1 fully saturated rings. The van der Waals surface area contributed by atoms with Crippen LogP contribution in [0.1, 0.15) is 0 Å². The number of anilines is 1. The third-order valence-corrected chi connectivity index (χ3v) is 4.85. The number of likely N-dealkylation sites (N-methyl/N-ethyl adjacent to an activating group) is 1. The molecule has 1 aliphatic rings. The maximum atomic E-state index is 11.5. The maximum Gasteiger partial charge on any atom is 0.409 e. The molecule has 0 bridgehead atoms. The summed E-state index contributed by atoms with van der Waals surface area (Å²) in [6.07, 6.45) is 0.111. The third kappa shape index (κ3) is 4.03. The lowest BCUT2D eigenvalue weighted by Gasteiger charge is -2.11. The van der Waals surface area contributed by atoms with E-state index in [1.54, 1.807) is 0 Å². The number of hydrogen-bond acceptors (Lipinski definition) is 5. The Balaban J connectivity index is 1.97. The molecule has 1 aromatic rings. The molecule has 3 N–H and O–H groups in total. The van der Waals surface area contributed by atoms with Crippen molar-refractivity contribution in [1.82, 2.24) is 14.0 Å². The quantitative estimate of drug-likeness (QED) is 0.697. The Hall–Kier alpha value is -1.43. The molecule has 2 rings (SSSR count). The highest BCUT2D eigenvalue weighted by Gasteiger charge is 2.32. The van der Waals surface area contributed by atoms with Crippen molar-refractivity contribution < 1.29 is 23.1 Å². The number of halogens is 1. The van der Waals surface area contributed by atoms with Crippen LogP contribution < -0.4 is 14.8 Å². The molecule has 2 heterocycles. The van der Waals surface area contributed by atoms with Crippen LogP contribution in [0.15, 0.2) is 16.7 Å². The van der Waals surface area contributed by atoms with Crippen LogP contribution in [0.2, 0.25) is 0 Å². The predicted octanol–water partition coefficient (Wildman–Crippen LogP) is 0.461. The summed E-state index contributed by atoms with van der Waals surface area (Å²) < 4.78 is 32.5. The molecule has 0 aliphatic carbocycles. The van der Waals surface area contributed by atoms with Gasteiger partial charge in [0.05, 0.1) is 22.4 Å². The van der Waals surface area contributed by atoms with Crippen LogP contribution in [0.25, 0.3) is 0 Å². The first-order chi connectivity index (χ1) is 9.78. The molecule has 1 aromatic heterocycles. The monoisotopic (exact) mass is 380 g/mol. The zero-order valence-corrected chi connectivity index (χ0v) is 13.3. The van der Waals surface area contributed by atoms with Gasteiger partial charge in [0.1, 0.15) is 6.61 Å². The Morgan fingerprint density at radius 1 is 1.71 bits per heavy atom. The van der Waals surface area contributed by atoms with Gasteiger partial charge in [-0.25, -0.2) is 9.78 Å². The van der Waals surface area contributed by atoms with E-state index in [0.717, 1.165) is 0 Å². The molecule has 0 radical (unpaired) electrons. The summed E-state index contributed by atoms with van der Waals surface area (Å²) in [4.78, 5) is 14.5. The number of pyridine rings is 1. The predicted molar refractivity (Wildman–Crippen MR) is 77.6 cm³/mol. The normalized spacial score (nSPS) is 21.1. The van der Waals surface area contributed by atoms with Gasteiger partial charge in [-0.15, -0.1) is 0 Å². The molecule has 21 heavy (non-hydrogen) atoms. The van der Waals surface area contributed by atoms with Gasteiger partial charge in [-0.05, 0) is 22.0 Å². The van der Waals surface area contributed by atoms with Gasteiger partial charge >= 0.3 is 6.09 Å². The molecule has 0 unspecified atom stereocenters. The highest BCUT2D eigenvalue weighted by molar-refractivity contribution is 9.10. The van der Waals surface area contributed by atoms with Gasteiger partial charge in [0.25, 0.3) is 10.2 Å². The van der Waals surface area contributed by atoms with Crippen LogP contribution in [0.5, 0.6) is 5.88 Å². The highest BCUT2D eigenvalue weighted by Crippen LogP contribution is 2.25. The molecule has 11 heteroatoms. The fourth-order valence-electron chi connectivity index (χ4n) is 1.74. The Morgan fingerprint density at radius 2 is 2.43 bits per heavy atom. The molecule has 1 saturated heterocycles. The van der Waals surface area contributed by atoms with Crippen LogP contribution in [-0.4, -0.2) is 55.1 Å². The van der Waals surface area contributed by atoms with Gasteiger partial charge < -0.3 is 9.84 Å². The summed E-state index contributed by atoms with van der Waals surface area (Å²) >= 11 is 3.21. The van der Waals surface area contributed by atoms with Gasteiger partial charge in [-0.2, -0.15) is 17.4 Å². The van der Waals surface area contributed by atoms with Crippen molar-refractivity contribution in [3.8, 4) is 5.88 Å². The van der Waals surface area contributed by atoms with E-state index < -0.39 is 16.3 Å². The van der Waals surface area contributed by atoms with E-state index in [2.05, 4.69) is 31.0 Å². The van der Waals surface area contributed by atoms with Crippen molar-refractivity contribution in [1.29, 1.82) is 0 Å². The minimum absolute atomic E-state index is 0.112. The Morgan fingerprint density at radius 3 is 2.95 bits per heavy atom. The summed E-state index contributed by atoms with van der Waals surface area (Å²) in [5, 5.41) is 10.7. The van der Waals surface area contributed by atoms with Gasteiger partial charge in [-0.1, -0.05) is 0 Å². The summed E-state index contributed by atoms with van der Waals surface area (Å²) in [7, 11) is -1.94. The van der Waals surface area contributed by atoms with Crippen LogP contribution in [0.4, 0.5) is 10.5 Å². The Kier molecular flexibility index (Phi) is 4.66. The number of nitrogens with one attached hydrogen (secondary N) is 2. The number of hydrogen-bond donors (Lipinski definition) is 3. The second kappa shape index (κ2) is 6.13. The molecule has 116 valence electrons. The fourth-order valence-corrected chi connectivity index (χ4v) is 3.32. The molecule has 0 saturated carbocycles. The second-order valence-corrected chi connectivity index (χ2v) is 7.02. The van der Waals surface area contributed by atoms with Crippen molar-refractivity contribution in [2.75, 3.05) is 25.5 Å². The van der Waals surface area contributed by atoms with Gasteiger partial charge in [0.15, 0.2) is 0 Å². The van der Waals surface area contributed by atoms with Crippen molar-refractivity contribution >= 4 is 37.9 Å². The Bertz CT molecular complexity index is 653. The molecular weight excluding hydrogens is 368 g/mol. The Labute approximate surface area is 129 Å². The molecule has 1 atom stereocenters. The maximum absolute atomic E-state index is 11.5. The van der Waals surface area contributed by atoms with E-state index in [4.69, 9.17) is 9.84 Å². The largest absolute Gasteiger partial charge is 0.475 e.